The highest BCUT2D eigenvalue weighted by Crippen LogP contribution is 2.32. The second-order valence-electron chi connectivity index (χ2n) is 7.72. The van der Waals surface area contributed by atoms with Crippen molar-refractivity contribution < 1.29 is 18.0 Å². The first kappa shape index (κ1) is 26.2. The van der Waals surface area contributed by atoms with E-state index in [-0.39, 0.29) is 5.82 Å². The Labute approximate surface area is 206 Å². The fraction of sp³-hybridized carbons (Fsp3) is 0.200. The molecule has 188 valence electrons. The third-order valence-corrected chi connectivity index (χ3v) is 5.05. The van der Waals surface area contributed by atoms with Crippen molar-refractivity contribution in [3.63, 3.8) is 0 Å². The molecule has 36 heavy (non-hydrogen) atoms. The van der Waals surface area contributed by atoms with Crippen LogP contribution in [0.4, 0.5) is 29.6 Å². The summed E-state index contributed by atoms with van der Waals surface area (Å²) in [5.74, 6) is 0.173. The van der Waals surface area contributed by atoms with Gasteiger partial charge in [0.25, 0.3) is 0 Å². The van der Waals surface area contributed by atoms with Crippen LogP contribution >= 0.6 is 0 Å². The van der Waals surface area contributed by atoms with Crippen LogP contribution in [0.1, 0.15) is 30.8 Å². The second kappa shape index (κ2) is 10.9. The zero-order chi connectivity index (χ0) is 26.5. The first-order chi connectivity index (χ1) is 17.1. The molecule has 0 aliphatic heterocycles. The Hall–Kier alpha value is -4.41. The highest BCUT2D eigenvalue weighted by Gasteiger charge is 2.35. The van der Waals surface area contributed by atoms with Gasteiger partial charge >= 0.3 is 12.2 Å². The standard InChI is InChI=1S/C25H26F3N7O/c1-6-7-11-17(3)34-23(18(4)22(33-34)16(2)15-29-5)31-24(36)30-21-14-20(25(26,27)28)32-35(21)19-12-9-8-10-13-19/h6-15H,2H2,1,3-5H3,(H2,30,31,36). The van der Waals surface area contributed by atoms with E-state index in [1.165, 1.54) is 4.68 Å². The zero-order valence-corrected chi connectivity index (χ0v) is 20.3. The van der Waals surface area contributed by atoms with Gasteiger partial charge in [0, 0.05) is 36.2 Å². The molecule has 2 aromatic heterocycles. The lowest BCUT2D eigenvalue weighted by Crippen LogP contribution is -2.23. The molecule has 0 saturated heterocycles. The van der Waals surface area contributed by atoms with E-state index in [0.717, 1.165) is 10.7 Å². The van der Waals surface area contributed by atoms with Gasteiger partial charge in [-0.2, -0.15) is 23.4 Å². The number of para-hydroxylation sites is 1. The fourth-order valence-electron chi connectivity index (χ4n) is 3.36. The van der Waals surface area contributed by atoms with Crippen LogP contribution in [0.5, 0.6) is 0 Å². The lowest BCUT2D eigenvalue weighted by atomic mass is 10.1. The average Bonchev–Trinajstić information content (AvgIpc) is 3.40. The number of hydrogen-bond donors (Lipinski definition) is 2. The van der Waals surface area contributed by atoms with Gasteiger partial charge in [-0.3, -0.25) is 15.6 Å². The molecule has 2 heterocycles. The van der Waals surface area contributed by atoms with E-state index >= 15 is 0 Å². The van der Waals surface area contributed by atoms with E-state index in [1.807, 2.05) is 19.1 Å². The maximum Gasteiger partial charge on any atom is 0.435 e. The molecule has 1 aromatic carbocycles. The van der Waals surface area contributed by atoms with Crippen LogP contribution < -0.4 is 10.6 Å². The van der Waals surface area contributed by atoms with E-state index in [4.69, 9.17) is 0 Å². The number of nitrogens with one attached hydrogen (secondary N) is 2. The number of carbonyl (C=O) groups is 1. The highest BCUT2D eigenvalue weighted by atomic mass is 19.4. The molecule has 0 aliphatic carbocycles. The summed E-state index contributed by atoms with van der Waals surface area (Å²) in [5.41, 5.74) is 1.56. The van der Waals surface area contributed by atoms with Gasteiger partial charge in [-0.1, -0.05) is 36.9 Å². The third kappa shape index (κ3) is 5.80. The molecular formula is C25H26F3N7O. The van der Waals surface area contributed by atoms with E-state index in [9.17, 15) is 18.0 Å². The van der Waals surface area contributed by atoms with Gasteiger partial charge in [-0.05, 0) is 39.0 Å². The molecule has 0 unspecified atom stereocenters. The minimum Gasteiger partial charge on any atom is -0.296 e. The van der Waals surface area contributed by atoms with Gasteiger partial charge < -0.3 is 0 Å². The number of nitrogens with zero attached hydrogens (tertiary/aromatic N) is 5. The average molecular weight is 498 g/mol. The Balaban J connectivity index is 2.00. The number of aromatic nitrogens is 4. The Morgan fingerprint density at radius 2 is 1.86 bits per heavy atom. The summed E-state index contributed by atoms with van der Waals surface area (Å²) >= 11 is 0. The molecule has 11 heteroatoms. The largest absolute Gasteiger partial charge is 0.435 e. The zero-order valence-electron chi connectivity index (χ0n) is 20.3. The molecule has 3 aromatic rings. The number of hydrogen-bond acceptors (Lipinski definition) is 4. The number of anilines is 2. The molecule has 0 bridgehead atoms. The van der Waals surface area contributed by atoms with Crippen molar-refractivity contribution in [1.29, 1.82) is 0 Å². The summed E-state index contributed by atoms with van der Waals surface area (Å²) in [4.78, 5) is 17.0. The lowest BCUT2D eigenvalue weighted by molar-refractivity contribution is -0.141. The first-order valence-electron chi connectivity index (χ1n) is 10.9. The number of urea groups is 1. The number of rotatable bonds is 7. The van der Waals surface area contributed by atoms with Crippen molar-refractivity contribution in [1.82, 2.24) is 19.6 Å². The quantitative estimate of drug-likeness (QED) is 0.301. The number of amides is 2. The Morgan fingerprint density at radius 3 is 2.47 bits per heavy atom. The number of carbonyl (C=O) groups excluding carboxylic acids is 1. The number of aliphatic imine (C=N–C) groups is 1. The molecule has 8 nitrogen and oxygen atoms in total. The minimum absolute atomic E-state index is 0.154. The number of allylic oxidation sites excluding steroid dienone is 5. The third-order valence-electron chi connectivity index (χ3n) is 5.05. The van der Waals surface area contributed by atoms with Gasteiger partial charge in [0.15, 0.2) is 5.69 Å². The predicted octanol–water partition coefficient (Wildman–Crippen LogP) is 6.19. The van der Waals surface area contributed by atoms with E-state index in [1.54, 1.807) is 63.5 Å². The summed E-state index contributed by atoms with van der Waals surface area (Å²) in [5, 5.41) is 13.4. The molecule has 0 aliphatic rings. The van der Waals surface area contributed by atoms with Crippen LogP contribution in [0.25, 0.3) is 17.0 Å². The number of halogens is 3. The smallest absolute Gasteiger partial charge is 0.296 e. The maximum absolute atomic E-state index is 13.4. The summed E-state index contributed by atoms with van der Waals surface area (Å²) in [6, 6.07) is 8.20. The van der Waals surface area contributed by atoms with E-state index in [0.29, 0.717) is 34.0 Å². The van der Waals surface area contributed by atoms with Crippen molar-refractivity contribution >= 4 is 35.2 Å². The summed E-state index contributed by atoms with van der Waals surface area (Å²) in [6.07, 6.45) is 2.32. The molecule has 0 fully saturated rings. The molecule has 0 spiro atoms. The monoisotopic (exact) mass is 497 g/mol. The minimum atomic E-state index is -4.69. The van der Waals surface area contributed by atoms with Gasteiger partial charge in [0.2, 0.25) is 0 Å². The van der Waals surface area contributed by atoms with Crippen LogP contribution in [-0.2, 0) is 6.18 Å². The Bertz CT molecular complexity index is 1350. The van der Waals surface area contributed by atoms with Crippen molar-refractivity contribution in [2.45, 2.75) is 26.9 Å². The van der Waals surface area contributed by atoms with Crippen LogP contribution in [-0.4, -0.2) is 38.9 Å². The fourth-order valence-corrected chi connectivity index (χ4v) is 3.36. The van der Waals surface area contributed by atoms with Crippen LogP contribution in [0.2, 0.25) is 0 Å². The van der Waals surface area contributed by atoms with Crippen LogP contribution in [0.3, 0.4) is 0 Å². The molecule has 2 amide bonds. The molecular weight excluding hydrogens is 471 g/mol. The molecule has 0 radical (unpaired) electrons. The van der Waals surface area contributed by atoms with Crippen LogP contribution in [0, 0.1) is 6.92 Å². The van der Waals surface area contributed by atoms with Crippen molar-refractivity contribution in [2.24, 2.45) is 4.99 Å². The number of benzene rings is 1. The van der Waals surface area contributed by atoms with Gasteiger partial charge in [0.05, 0.1) is 11.4 Å². The molecule has 0 atom stereocenters. The first-order valence-corrected chi connectivity index (χ1v) is 10.9. The van der Waals surface area contributed by atoms with Crippen molar-refractivity contribution in [3.05, 3.63) is 78.2 Å². The predicted molar refractivity (Wildman–Crippen MR) is 136 cm³/mol. The molecule has 2 N–H and O–H groups in total. The van der Waals surface area contributed by atoms with Crippen molar-refractivity contribution in [3.8, 4) is 5.69 Å². The van der Waals surface area contributed by atoms with Crippen LogP contribution in [0.15, 0.2) is 66.2 Å². The Morgan fingerprint density at radius 1 is 1.17 bits per heavy atom. The normalized spacial score (nSPS) is 12.5. The highest BCUT2D eigenvalue weighted by molar-refractivity contribution is 6.09. The summed E-state index contributed by atoms with van der Waals surface area (Å²) in [6.45, 7) is 9.38. The number of alkyl halides is 3. The van der Waals surface area contributed by atoms with E-state index < -0.39 is 17.9 Å². The van der Waals surface area contributed by atoms with E-state index in [2.05, 4.69) is 32.4 Å². The molecule has 3 rings (SSSR count). The van der Waals surface area contributed by atoms with Crippen molar-refractivity contribution in [2.75, 3.05) is 17.7 Å². The maximum atomic E-state index is 13.4. The summed E-state index contributed by atoms with van der Waals surface area (Å²) < 4.78 is 42.7. The molecule has 0 saturated carbocycles. The lowest BCUT2D eigenvalue weighted by Gasteiger charge is -2.12. The van der Waals surface area contributed by atoms with Gasteiger partial charge in [-0.25, -0.2) is 14.2 Å². The SMILES string of the molecule is C=C(C=NC)c1nn(C(C)=CC=CC)c(NC(=O)Nc2cc(C(F)(F)F)nn2-c2ccccc2)c1C. The summed E-state index contributed by atoms with van der Waals surface area (Å²) in [7, 11) is 1.60. The topological polar surface area (TPSA) is 89.1 Å². The van der Waals surface area contributed by atoms with Gasteiger partial charge in [0.1, 0.15) is 11.6 Å². The Kier molecular flexibility index (Phi) is 7.93. The second-order valence-corrected chi connectivity index (χ2v) is 7.72. The van der Waals surface area contributed by atoms with Gasteiger partial charge in [-0.15, -0.1) is 0 Å².